The van der Waals surface area contributed by atoms with Gasteiger partial charge in [-0.25, -0.2) is 0 Å². The minimum absolute atomic E-state index is 0.137. The SMILES string of the molecule is O=C(NCCOc1ccc(-c2ccccc2)nn1)c1ccc(Br)cc1. The molecule has 0 aliphatic rings. The van der Waals surface area contributed by atoms with Crippen LogP contribution in [0.3, 0.4) is 0 Å². The molecule has 25 heavy (non-hydrogen) atoms. The molecule has 1 heterocycles. The molecule has 0 spiro atoms. The maximum absolute atomic E-state index is 12.0. The number of hydrogen-bond donors (Lipinski definition) is 1. The van der Waals surface area contributed by atoms with Gasteiger partial charge in [0.15, 0.2) is 0 Å². The number of carbonyl (C=O) groups is 1. The average molecular weight is 398 g/mol. The van der Waals surface area contributed by atoms with Crippen molar-refractivity contribution < 1.29 is 9.53 Å². The molecule has 0 bridgehead atoms. The fraction of sp³-hybridized carbons (Fsp3) is 0.105. The second kappa shape index (κ2) is 8.39. The van der Waals surface area contributed by atoms with E-state index < -0.39 is 0 Å². The Morgan fingerprint density at radius 3 is 2.40 bits per heavy atom. The van der Waals surface area contributed by atoms with Crippen LogP contribution in [0.4, 0.5) is 0 Å². The first-order chi connectivity index (χ1) is 12.2. The van der Waals surface area contributed by atoms with Gasteiger partial charge in [-0.2, -0.15) is 0 Å². The van der Waals surface area contributed by atoms with Crippen LogP contribution in [0.15, 0.2) is 71.2 Å². The molecule has 0 fully saturated rings. The van der Waals surface area contributed by atoms with Crippen LogP contribution in [-0.2, 0) is 0 Å². The van der Waals surface area contributed by atoms with E-state index in [2.05, 4.69) is 31.4 Å². The molecule has 0 aliphatic carbocycles. The third kappa shape index (κ3) is 4.87. The van der Waals surface area contributed by atoms with Gasteiger partial charge in [-0.15, -0.1) is 10.2 Å². The van der Waals surface area contributed by atoms with Crippen molar-refractivity contribution in [3.8, 4) is 17.1 Å². The van der Waals surface area contributed by atoms with Gasteiger partial charge >= 0.3 is 0 Å². The summed E-state index contributed by atoms with van der Waals surface area (Å²) in [5, 5.41) is 11.0. The van der Waals surface area contributed by atoms with Gasteiger partial charge < -0.3 is 10.1 Å². The van der Waals surface area contributed by atoms with E-state index in [9.17, 15) is 4.79 Å². The molecule has 0 atom stereocenters. The van der Waals surface area contributed by atoms with Gasteiger partial charge in [-0.3, -0.25) is 4.79 Å². The standard InChI is InChI=1S/C19H16BrN3O2/c20-16-8-6-15(7-9-16)19(24)21-12-13-25-18-11-10-17(22-23-18)14-4-2-1-3-5-14/h1-11H,12-13H2,(H,21,24). The van der Waals surface area contributed by atoms with Crippen molar-refractivity contribution in [2.24, 2.45) is 0 Å². The molecule has 0 saturated heterocycles. The number of hydrogen-bond acceptors (Lipinski definition) is 4. The highest BCUT2D eigenvalue weighted by molar-refractivity contribution is 9.10. The van der Waals surface area contributed by atoms with Crippen LogP contribution < -0.4 is 10.1 Å². The fourth-order valence-electron chi connectivity index (χ4n) is 2.18. The lowest BCUT2D eigenvalue weighted by molar-refractivity contribution is 0.0946. The Morgan fingerprint density at radius 1 is 0.960 bits per heavy atom. The maximum atomic E-state index is 12.0. The summed E-state index contributed by atoms with van der Waals surface area (Å²) in [6.07, 6.45) is 0. The summed E-state index contributed by atoms with van der Waals surface area (Å²) in [5.41, 5.74) is 2.40. The number of ether oxygens (including phenoxy) is 1. The second-order valence-electron chi connectivity index (χ2n) is 5.23. The Labute approximate surface area is 154 Å². The molecule has 1 aromatic heterocycles. The summed E-state index contributed by atoms with van der Waals surface area (Å²) in [5.74, 6) is 0.291. The van der Waals surface area contributed by atoms with Crippen LogP contribution in [0, 0.1) is 0 Å². The van der Waals surface area contributed by atoms with Gasteiger partial charge in [0.2, 0.25) is 5.88 Å². The molecular formula is C19H16BrN3O2. The third-order valence-electron chi connectivity index (χ3n) is 3.45. The molecule has 0 radical (unpaired) electrons. The quantitative estimate of drug-likeness (QED) is 0.643. The number of rotatable bonds is 6. The zero-order valence-electron chi connectivity index (χ0n) is 13.4. The molecule has 0 aliphatic heterocycles. The Balaban J connectivity index is 1.46. The first kappa shape index (κ1) is 17.1. The van der Waals surface area contributed by atoms with Crippen molar-refractivity contribution >= 4 is 21.8 Å². The normalized spacial score (nSPS) is 10.3. The summed E-state index contributed by atoms with van der Waals surface area (Å²) in [6, 6.07) is 20.6. The highest BCUT2D eigenvalue weighted by atomic mass is 79.9. The molecule has 3 aromatic rings. The van der Waals surface area contributed by atoms with Gasteiger partial charge in [-0.1, -0.05) is 46.3 Å². The maximum Gasteiger partial charge on any atom is 0.251 e. The summed E-state index contributed by atoms with van der Waals surface area (Å²) in [4.78, 5) is 12.0. The number of halogens is 1. The van der Waals surface area contributed by atoms with Crippen LogP contribution in [0.5, 0.6) is 5.88 Å². The predicted molar refractivity (Wildman–Crippen MR) is 99.4 cm³/mol. The van der Waals surface area contributed by atoms with Gasteiger partial charge in [-0.05, 0) is 30.3 Å². The number of amides is 1. The van der Waals surface area contributed by atoms with Gasteiger partial charge in [0.25, 0.3) is 5.91 Å². The highest BCUT2D eigenvalue weighted by Crippen LogP contribution is 2.16. The number of benzene rings is 2. The van der Waals surface area contributed by atoms with Crippen molar-refractivity contribution in [1.82, 2.24) is 15.5 Å². The molecule has 3 rings (SSSR count). The minimum Gasteiger partial charge on any atom is -0.475 e. The second-order valence-corrected chi connectivity index (χ2v) is 6.15. The summed E-state index contributed by atoms with van der Waals surface area (Å²) < 4.78 is 6.44. The number of nitrogens with one attached hydrogen (secondary N) is 1. The Kier molecular flexibility index (Phi) is 5.74. The molecule has 5 nitrogen and oxygen atoms in total. The predicted octanol–water partition coefficient (Wildman–Crippen LogP) is 3.71. The van der Waals surface area contributed by atoms with E-state index in [4.69, 9.17) is 4.74 Å². The summed E-state index contributed by atoms with van der Waals surface area (Å²) >= 11 is 3.34. The zero-order chi connectivity index (χ0) is 17.5. The highest BCUT2D eigenvalue weighted by Gasteiger charge is 2.05. The Bertz CT molecular complexity index is 822. The lowest BCUT2D eigenvalue weighted by Gasteiger charge is -2.07. The van der Waals surface area contributed by atoms with Gasteiger partial charge in [0.05, 0.1) is 12.2 Å². The zero-order valence-corrected chi connectivity index (χ0v) is 14.9. The first-order valence-corrected chi connectivity index (χ1v) is 8.57. The number of nitrogens with zero attached hydrogens (tertiary/aromatic N) is 2. The topological polar surface area (TPSA) is 64.1 Å². The van der Waals surface area contributed by atoms with Crippen LogP contribution >= 0.6 is 15.9 Å². The van der Waals surface area contributed by atoms with Gasteiger partial charge in [0.1, 0.15) is 6.61 Å². The smallest absolute Gasteiger partial charge is 0.251 e. The van der Waals surface area contributed by atoms with E-state index in [-0.39, 0.29) is 5.91 Å². The van der Waals surface area contributed by atoms with Crippen LogP contribution in [0.1, 0.15) is 10.4 Å². The van der Waals surface area contributed by atoms with E-state index in [0.717, 1.165) is 15.7 Å². The van der Waals surface area contributed by atoms with Crippen molar-refractivity contribution in [2.75, 3.05) is 13.2 Å². The van der Waals surface area contributed by atoms with E-state index in [1.165, 1.54) is 0 Å². The third-order valence-corrected chi connectivity index (χ3v) is 3.98. The van der Waals surface area contributed by atoms with Crippen LogP contribution in [0.2, 0.25) is 0 Å². The molecular weight excluding hydrogens is 382 g/mol. The lowest BCUT2D eigenvalue weighted by atomic mass is 10.1. The van der Waals surface area contributed by atoms with Gasteiger partial charge in [0, 0.05) is 21.7 Å². The van der Waals surface area contributed by atoms with E-state index in [1.807, 2.05) is 48.5 Å². The largest absolute Gasteiger partial charge is 0.475 e. The molecule has 0 saturated carbocycles. The van der Waals surface area contributed by atoms with Crippen LogP contribution in [0.25, 0.3) is 11.3 Å². The fourth-order valence-corrected chi connectivity index (χ4v) is 2.45. The first-order valence-electron chi connectivity index (χ1n) is 7.78. The van der Waals surface area contributed by atoms with Crippen molar-refractivity contribution in [3.63, 3.8) is 0 Å². The van der Waals surface area contributed by atoms with E-state index >= 15 is 0 Å². The molecule has 2 aromatic carbocycles. The monoisotopic (exact) mass is 397 g/mol. The average Bonchev–Trinajstić information content (AvgIpc) is 2.67. The number of aromatic nitrogens is 2. The minimum atomic E-state index is -0.137. The van der Waals surface area contributed by atoms with E-state index in [1.54, 1.807) is 18.2 Å². The van der Waals surface area contributed by atoms with Crippen molar-refractivity contribution in [3.05, 3.63) is 76.8 Å². The molecule has 1 amide bonds. The lowest BCUT2D eigenvalue weighted by Crippen LogP contribution is -2.28. The van der Waals surface area contributed by atoms with Crippen molar-refractivity contribution in [2.45, 2.75) is 0 Å². The summed E-state index contributed by atoms with van der Waals surface area (Å²) in [6.45, 7) is 0.707. The Hall–Kier alpha value is -2.73. The summed E-state index contributed by atoms with van der Waals surface area (Å²) in [7, 11) is 0. The van der Waals surface area contributed by atoms with Crippen LogP contribution in [-0.4, -0.2) is 29.3 Å². The Morgan fingerprint density at radius 2 is 1.72 bits per heavy atom. The molecule has 0 unspecified atom stereocenters. The molecule has 126 valence electrons. The van der Waals surface area contributed by atoms with Crippen molar-refractivity contribution in [1.29, 1.82) is 0 Å². The van der Waals surface area contributed by atoms with E-state index in [0.29, 0.717) is 24.6 Å². The number of carbonyl (C=O) groups excluding carboxylic acids is 1. The molecule has 1 N–H and O–H groups in total. The molecule has 6 heteroatoms.